The second-order valence-electron chi connectivity index (χ2n) is 5.45. The summed E-state index contributed by atoms with van der Waals surface area (Å²) >= 11 is 25.1. The molecule has 0 bridgehead atoms. The van der Waals surface area contributed by atoms with Crippen LogP contribution < -0.4 is 0 Å². The lowest BCUT2D eigenvalue weighted by molar-refractivity contribution is -0.133. The highest BCUT2D eigenvalue weighted by Gasteiger charge is 2.29. The summed E-state index contributed by atoms with van der Waals surface area (Å²) in [6, 6.07) is -0.154. The standard InChI is InChI=1S/C14H20Cl4N2OS/c1-8(12(15)16)6-10(14-19-4-5-22-14)20(3)11(21)7-9(2)13(17)18/h4-5,8-10,12-13H,6-7H2,1-3H3/t8-,9-,10?/m0/s1. The average molecular weight is 406 g/mol. The van der Waals surface area contributed by atoms with Gasteiger partial charge in [-0.15, -0.1) is 57.7 Å². The number of carbonyl (C=O) groups excluding carboxylic acids is 1. The minimum atomic E-state index is -0.565. The number of halogens is 4. The molecule has 1 heterocycles. The van der Waals surface area contributed by atoms with E-state index in [0.717, 1.165) is 5.01 Å². The Bertz CT molecular complexity index is 456. The van der Waals surface area contributed by atoms with Crippen LogP contribution in [0.2, 0.25) is 0 Å². The normalized spacial score (nSPS) is 15.9. The summed E-state index contributed by atoms with van der Waals surface area (Å²) in [5.74, 6) is -0.0907. The number of nitrogens with zero attached hydrogens (tertiary/aromatic N) is 2. The van der Waals surface area contributed by atoms with Crippen molar-refractivity contribution in [2.75, 3.05) is 7.05 Å². The van der Waals surface area contributed by atoms with Gasteiger partial charge < -0.3 is 4.90 Å². The second-order valence-corrected chi connectivity index (χ2v) is 8.71. The van der Waals surface area contributed by atoms with Crippen molar-refractivity contribution in [1.82, 2.24) is 9.88 Å². The van der Waals surface area contributed by atoms with Gasteiger partial charge in [-0.05, 0) is 18.3 Å². The van der Waals surface area contributed by atoms with Gasteiger partial charge in [-0.25, -0.2) is 4.98 Å². The fraction of sp³-hybridized carbons (Fsp3) is 0.714. The Labute approximate surface area is 155 Å². The summed E-state index contributed by atoms with van der Waals surface area (Å²) in [5.41, 5.74) is 0. The van der Waals surface area contributed by atoms with E-state index in [2.05, 4.69) is 4.98 Å². The van der Waals surface area contributed by atoms with Crippen LogP contribution in [-0.2, 0) is 4.79 Å². The maximum Gasteiger partial charge on any atom is 0.223 e. The molecule has 0 saturated carbocycles. The zero-order chi connectivity index (χ0) is 16.9. The highest BCUT2D eigenvalue weighted by molar-refractivity contribution is 7.09. The van der Waals surface area contributed by atoms with E-state index < -0.39 is 9.67 Å². The van der Waals surface area contributed by atoms with Crippen molar-refractivity contribution < 1.29 is 4.79 Å². The van der Waals surface area contributed by atoms with Crippen LogP contribution in [0.15, 0.2) is 11.6 Å². The Balaban J connectivity index is 2.84. The first-order valence-corrected chi connectivity index (χ1v) is 9.57. The average Bonchev–Trinajstić information content (AvgIpc) is 2.97. The van der Waals surface area contributed by atoms with E-state index in [-0.39, 0.29) is 30.2 Å². The van der Waals surface area contributed by atoms with E-state index in [0.29, 0.717) is 6.42 Å². The Kier molecular flexibility index (Phi) is 8.80. The Hall–Kier alpha value is 0.260. The van der Waals surface area contributed by atoms with Gasteiger partial charge >= 0.3 is 0 Å². The molecule has 0 aliphatic heterocycles. The summed E-state index contributed by atoms with van der Waals surface area (Å²) in [6.45, 7) is 3.81. The van der Waals surface area contributed by atoms with Gasteiger partial charge in [-0.3, -0.25) is 4.79 Å². The van der Waals surface area contributed by atoms with E-state index in [4.69, 9.17) is 46.4 Å². The van der Waals surface area contributed by atoms with Crippen LogP contribution in [0.1, 0.15) is 37.7 Å². The molecule has 0 N–H and O–H groups in total. The van der Waals surface area contributed by atoms with Gasteiger partial charge in [0.2, 0.25) is 5.91 Å². The van der Waals surface area contributed by atoms with Gasteiger partial charge in [0, 0.05) is 25.0 Å². The number of hydrogen-bond acceptors (Lipinski definition) is 3. The van der Waals surface area contributed by atoms with Crippen LogP contribution in [-0.4, -0.2) is 32.5 Å². The molecular weight excluding hydrogens is 386 g/mol. The molecule has 0 aliphatic rings. The zero-order valence-corrected chi connectivity index (χ0v) is 16.5. The van der Waals surface area contributed by atoms with Crippen molar-refractivity contribution in [3.63, 3.8) is 0 Å². The largest absolute Gasteiger partial charge is 0.336 e. The molecule has 0 aliphatic carbocycles. The molecule has 1 rings (SSSR count). The van der Waals surface area contributed by atoms with Crippen molar-refractivity contribution in [1.29, 1.82) is 0 Å². The lowest BCUT2D eigenvalue weighted by Crippen LogP contribution is -2.34. The summed E-state index contributed by atoms with van der Waals surface area (Å²) in [7, 11) is 1.77. The fourth-order valence-electron chi connectivity index (χ4n) is 1.96. The number of amides is 1. The maximum absolute atomic E-state index is 12.5. The Morgan fingerprint density at radius 1 is 1.23 bits per heavy atom. The van der Waals surface area contributed by atoms with E-state index in [9.17, 15) is 4.79 Å². The monoisotopic (exact) mass is 404 g/mol. The molecule has 3 nitrogen and oxygen atoms in total. The number of hydrogen-bond donors (Lipinski definition) is 0. The highest BCUT2D eigenvalue weighted by Crippen LogP contribution is 2.33. The molecule has 8 heteroatoms. The molecule has 1 unspecified atom stereocenters. The third-order valence-electron chi connectivity index (χ3n) is 3.55. The van der Waals surface area contributed by atoms with Crippen molar-refractivity contribution in [3.05, 3.63) is 16.6 Å². The van der Waals surface area contributed by atoms with Crippen LogP contribution in [0.3, 0.4) is 0 Å². The van der Waals surface area contributed by atoms with E-state index in [1.807, 2.05) is 19.2 Å². The quantitative estimate of drug-likeness (QED) is 0.549. The predicted octanol–water partition coefficient (Wildman–Crippen LogP) is 5.30. The molecule has 0 spiro atoms. The van der Waals surface area contributed by atoms with Crippen LogP contribution in [0.4, 0.5) is 0 Å². The number of alkyl halides is 4. The summed E-state index contributed by atoms with van der Waals surface area (Å²) in [6.07, 6.45) is 2.66. The molecular formula is C14H20Cl4N2OS. The van der Waals surface area contributed by atoms with Crippen molar-refractivity contribution in [2.24, 2.45) is 11.8 Å². The van der Waals surface area contributed by atoms with Crippen LogP contribution in [0.25, 0.3) is 0 Å². The Morgan fingerprint density at radius 3 is 2.27 bits per heavy atom. The van der Waals surface area contributed by atoms with Gasteiger partial charge in [-0.2, -0.15) is 0 Å². The molecule has 22 heavy (non-hydrogen) atoms. The predicted molar refractivity (Wildman–Crippen MR) is 96.2 cm³/mol. The number of aromatic nitrogens is 1. The number of carbonyl (C=O) groups is 1. The molecule has 1 aromatic heterocycles. The van der Waals surface area contributed by atoms with Gasteiger partial charge in [0.1, 0.15) is 14.7 Å². The second kappa shape index (κ2) is 9.53. The maximum atomic E-state index is 12.5. The van der Waals surface area contributed by atoms with Crippen molar-refractivity contribution >= 4 is 63.6 Å². The third kappa shape index (κ3) is 6.04. The van der Waals surface area contributed by atoms with Gasteiger partial charge in [0.25, 0.3) is 0 Å². The van der Waals surface area contributed by atoms with Crippen molar-refractivity contribution in [2.45, 2.75) is 42.4 Å². The summed E-state index contributed by atoms with van der Waals surface area (Å²) in [5, 5.41) is 2.76. The van der Waals surface area contributed by atoms with E-state index in [1.165, 1.54) is 11.3 Å². The molecule has 1 amide bonds. The first-order valence-electron chi connectivity index (χ1n) is 6.95. The molecule has 126 valence electrons. The van der Waals surface area contributed by atoms with Crippen LogP contribution in [0.5, 0.6) is 0 Å². The van der Waals surface area contributed by atoms with Crippen LogP contribution in [0, 0.1) is 11.8 Å². The molecule has 3 atom stereocenters. The minimum Gasteiger partial charge on any atom is -0.336 e. The lowest BCUT2D eigenvalue weighted by Gasteiger charge is -2.30. The smallest absolute Gasteiger partial charge is 0.223 e. The molecule has 0 saturated heterocycles. The van der Waals surface area contributed by atoms with Gasteiger partial charge in [0.15, 0.2) is 0 Å². The Morgan fingerprint density at radius 2 is 1.82 bits per heavy atom. The van der Waals surface area contributed by atoms with Crippen molar-refractivity contribution in [3.8, 4) is 0 Å². The SMILES string of the molecule is C[C@@H](CC(=O)N(C)C(C[C@H](C)C(Cl)Cl)c1nccs1)C(Cl)Cl. The molecule has 0 fully saturated rings. The fourth-order valence-corrected chi connectivity index (χ4v) is 3.14. The van der Waals surface area contributed by atoms with Gasteiger partial charge in [-0.1, -0.05) is 13.8 Å². The third-order valence-corrected chi connectivity index (χ3v) is 6.15. The first kappa shape index (κ1) is 20.3. The molecule has 1 aromatic rings. The zero-order valence-electron chi connectivity index (χ0n) is 12.7. The highest BCUT2D eigenvalue weighted by atomic mass is 35.5. The minimum absolute atomic E-state index is 0.0214. The van der Waals surface area contributed by atoms with Gasteiger partial charge in [0.05, 0.1) is 6.04 Å². The summed E-state index contributed by atoms with van der Waals surface area (Å²) in [4.78, 5) is 17.4. The van der Waals surface area contributed by atoms with E-state index >= 15 is 0 Å². The summed E-state index contributed by atoms with van der Waals surface area (Å²) < 4.78 is 0. The number of thiazole rings is 1. The van der Waals surface area contributed by atoms with E-state index in [1.54, 1.807) is 18.1 Å². The number of rotatable bonds is 8. The lowest BCUT2D eigenvalue weighted by atomic mass is 10.0. The first-order chi connectivity index (χ1) is 10.2. The topological polar surface area (TPSA) is 33.2 Å². The molecule has 0 radical (unpaired) electrons. The molecule has 0 aromatic carbocycles. The van der Waals surface area contributed by atoms with Crippen LogP contribution >= 0.6 is 57.7 Å².